The van der Waals surface area contributed by atoms with Crippen LogP contribution in [0.3, 0.4) is 0 Å². The van der Waals surface area contributed by atoms with Gasteiger partial charge in [-0.15, -0.1) is 0 Å². The molecular weight excluding hydrogens is 418 g/mol. The summed E-state index contributed by atoms with van der Waals surface area (Å²) in [5.41, 5.74) is 1.57. The van der Waals surface area contributed by atoms with Gasteiger partial charge in [-0.05, 0) is 54.7 Å². The Balaban J connectivity index is 1.68. The standard InChI is InChI=1S/C26H31N3O4/c1-5-6-18-7-11-20(12-8-18)26(4)24(32)29(25(33)28-26)16-22(30)19-9-13-21(14-10-19)27-23(31)15-17(2)3/h7-14,17H,5-6,15-16H2,1-4H3,(H,27,31)(H,28,33)/t26-/m1/s1. The van der Waals surface area contributed by atoms with E-state index >= 15 is 0 Å². The number of aryl methyl sites for hydroxylation is 1. The number of benzene rings is 2. The minimum atomic E-state index is -1.22. The molecule has 2 aromatic carbocycles. The number of rotatable bonds is 9. The maximum absolute atomic E-state index is 13.1. The number of nitrogens with zero attached hydrogens (tertiary/aromatic N) is 1. The molecule has 2 aromatic rings. The Hall–Kier alpha value is -3.48. The van der Waals surface area contributed by atoms with Gasteiger partial charge in [0.15, 0.2) is 5.78 Å². The molecule has 0 aliphatic carbocycles. The third-order valence-electron chi connectivity index (χ3n) is 5.73. The van der Waals surface area contributed by atoms with Crippen molar-refractivity contribution < 1.29 is 19.2 Å². The number of ketones is 1. The number of carbonyl (C=O) groups is 4. The van der Waals surface area contributed by atoms with Gasteiger partial charge in [0.05, 0.1) is 6.54 Å². The van der Waals surface area contributed by atoms with Crippen LogP contribution in [0.15, 0.2) is 48.5 Å². The molecule has 3 rings (SSSR count). The lowest BCUT2D eigenvalue weighted by atomic mass is 9.91. The molecule has 1 atom stereocenters. The van der Waals surface area contributed by atoms with Gasteiger partial charge in [-0.3, -0.25) is 19.3 Å². The van der Waals surface area contributed by atoms with E-state index in [9.17, 15) is 19.2 Å². The SMILES string of the molecule is CCCc1ccc([C@@]2(C)NC(=O)N(CC(=O)c3ccc(NC(=O)CC(C)C)cc3)C2=O)cc1. The molecule has 7 nitrogen and oxygen atoms in total. The minimum Gasteiger partial charge on any atom is -0.326 e. The van der Waals surface area contributed by atoms with E-state index in [4.69, 9.17) is 0 Å². The van der Waals surface area contributed by atoms with Gasteiger partial charge in [0.2, 0.25) is 5.91 Å². The summed E-state index contributed by atoms with van der Waals surface area (Å²) in [4.78, 5) is 51.3. The Morgan fingerprint density at radius 2 is 1.67 bits per heavy atom. The van der Waals surface area contributed by atoms with Gasteiger partial charge in [-0.25, -0.2) is 4.79 Å². The average molecular weight is 450 g/mol. The highest BCUT2D eigenvalue weighted by molar-refractivity contribution is 6.11. The lowest BCUT2D eigenvalue weighted by Gasteiger charge is -2.22. The smallest absolute Gasteiger partial charge is 0.325 e. The van der Waals surface area contributed by atoms with Crippen molar-refractivity contribution in [3.63, 3.8) is 0 Å². The Labute approximate surface area is 194 Å². The second-order valence-corrected chi connectivity index (χ2v) is 9.04. The van der Waals surface area contributed by atoms with Crippen LogP contribution >= 0.6 is 0 Å². The maximum Gasteiger partial charge on any atom is 0.325 e. The first-order valence-corrected chi connectivity index (χ1v) is 11.3. The summed E-state index contributed by atoms with van der Waals surface area (Å²) in [6.07, 6.45) is 2.37. The summed E-state index contributed by atoms with van der Waals surface area (Å²) in [5, 5.41) is 5.53. The van der Waals surface area contributed by atoms with Gasteiger partial charge in [0.25, 0.3) is 5.91 Å². The normalized spacial score (nSPS) is 17.9. The topological polar surface area (TPSA) is 95.6 Å². The largest absolute Gasteiger partial charge is 0.326 e. The third-order valence-corrected chi connectivity index (χ3v) is 5.73. The quantitative estimate of drug-likeness (QED) is 0.441. The molecule has 2 N–H and O–H groups in total. The van der Waals surface area contributed by atoms with Crippen LogP contribution in [0.25, 0.3) is 0 Å². The van der Waals surface area contributed by atoms with Crippen LogP contribution in [0.1, 0.15) is 62.0 Å². The number of nitrogens with one attached hydrogen (secondary N) is 2. The molecule has 0 radical (unpaired) electrons. The molecule has 0 saturated carbocycles. The Kier molecular flexibility index (Phi) is 7.31. The second-order valence-electron chi connectivity index (χ2n) is 9.04. The van der Waals surface area contributed by atoms with Crippen molar-refractivity contribution in [2.75, 3.05) is 11.9 Å². The monoisotopic (exact) mass is 449 g/mol. The van der Waals surface area contributed by atoms with Crippen molar-refractivity contribution >= 4 is 29.3 Å². The van der Waals surface area contributed by atoms with Crippen LogP contribution in [-0.4, -0.2) is 35.1 Å². The third kappa shape index (κ3) is 5.48. The average Bonchev–Trinajstić information content (AvgIpc) is 2.98. The molecule has 4 amide bonds. The van der Waals surface area contributed by atoms with Crippen LogP contribution in [0.4, 0.5) is 10.5 Å². The minimum absolute atomic E-state index is 0.0922. The number of imide groups is 1. The lowest BCUT2D eigenvalue weighted by Crippen LogP contribution is -2.41. The van der Waals surface area contributed by atoms with Crippen LogP contribution in [0, 0.1) is 5.92 Å². The summed E-state index contributed by atoms with van der Waals surface area (Å²) in [6.45, 7) is 7.32. The maximum atomic E-state index is 13.1. The van der Waals surface area contributed by atoms with E-state index in [1.54, 1.807) is 31.2 Å². The number of hydrogen-bond donors (Lipinski definition) is 2. The van der Waals surface area contributed by atoms with Crippen LogP contribution in [0.5, 0.6) is 0 Å². The van der Waals surface area contributed by atoms with Crippen LogP contribution in [-0.2, 0) is 21.5 Å². The molecule has 0 aromatic heterocycles. The van der Waals surface area contributed by atoms with Gasteiger partial charge in [0.1, 0.15) is 5.54 Å². The predicted molar refractivity (Wildman–Crippen MR) is 127 cm³/mol. The molecule has 174 valence electrons. The van der Waals surface area contributed by atoms with E-state index in [0.717, 1.165) is 23.3 Å². The highest BCUT2D eigenvalue weighted by Gasteiger charge is 2.49. The highest BCUT2D eigenvalue weighted by Crippen LogP contribution is 2.29. The molecule has 1 aliphatic heterocycles. The molecule has 7 heteroatoms. The zero-order valence-electron chi connectivity index (χ0n) is 19.6. The van der Waals surface area contributed by atoms with Crippen molar-refractivity contribution in [3.8, 4) is 0 Å². The Bertz CT molecular complexity index is 1040. The van der Waals surface area contributed by atoms with E-state index in [1.807, 2.05) is 38.1 Å². The van der Waals surface area contributed by atoms with E-state index in [-0.39, 0.29) is 24.2 Å². The van der Waals surface area contributed by atoms with Crippen molar-refractivity contribution in [3.05, 3.63) is 65.2 Å². The number of amides is 4. The molecule has 1 saturated heterocycles. The second kappa shape index (κ2) is 9.98. The summed E-state index contributed by atoms with van der Waals surface area (Å²) >= 11 is 0. The van der Waals surface area contributed by atoms with Crippen LogP contribution < -0.4 is 10.6 Å². The van der Waals surface area contributed by atoms with Crippen molar-refractivity contribution in [2.24, 2.45) is 5.92 Å². The molecule has 1 fully saturated rings. The van der Waals surface area contributed by atoms with E-state index < -0.39 is 17.5 Å². The molecular formula is C26H31N3O4. The summed E-state index contributed by atoms with van der Waals surface area (Å²) in [7, 11) is 0. The van der Waals surface area contributed by atoms with Gasteiger partial charge >= 0.3 is 6.03 Å². The van der Waals surface area contributed by atoms with Gasteiger partial charge in [-0.1, -0.05) is 51.5 Å². The van der Waals surface area contributed by atoms with Crippen LogP contribution in [0.2, 0.25) is 0 Å². The zero-order chi connectivity index (χ0) is 24.2. The van der Waals surface area contributed by atoms with E-state index in [0.29, 0.717) is 23.2 Å². The lowest BCUT2D eigenvalue weighted by molar-refractivity contribution is -0.130. The Morgan fingerprint density at radius 1 is 1.03 bits per heavy atom. The highest BCUT2D eigenvalue weighted by atomic mass is 16.2. The van der Waals surface area contributed by atoms with Gasteiger partial charge < -0.3 is 10.6 Å². The Morgan fingerprint density at radius 3 is 2.24 bits per heavy atom. The number of urea groups is 1. The summed E-state index contributed by atoms with van der Waals surface area (Å²) in [6, 6.07) is 13.5. The number of hydrogen-bond acceptors (Lipinski definition) is 4. The predicted octanol–water partition coefficient (Wildman–Crippen LogP) is 4.27. The fourth-order valence-electron chi connectivity index (χ4n) is 3.89. The first-order chi connectivity index (χ1) is 15.6. The first-order valence-electron chi connectivity index (χ1n) is 11.3. The molecule has 1 aliphatic rings. The molecule has 33 heavy (non-hydrogen) atoms. The number of Topliss-reactive ketones (excluding diaryl/α,β-unsaturated/α-hetero) is 1. The summed E-state index contributed by atoms with van der Waals surface area (Å²) in [5.74, 6) is -0.664. The number of carbonyl (C=O) groups excluding carboxylic acids is 4. The molecule has 0 bridgehead atoms. The van der Waals surface area contributed by atoms with Crippen molar-refractivity contribution in [2.45, 2.75) is 52.5 Å². The van der Waals surface area contributed by atoms with Gasteiger partial charge in [-0.2, -0.15) is 0 Å². The molecule has 0 spiro atoms. The van der Waals surface area contributed by atoms with E-state index in [1.165, 1.54) is 0 Å². The van der Waals surface area contributed by atoms with Crippen molar-refractivity contribution in [1.29, 1.82) is 0 Å². The number of anilines is 1. The summed E-state index contributed by atoms with van der Waals surface area (Å²) < 4.78 is 0. The fraction of sp³-hybridized carbons (Fsp3) is 0.385. The fourth-order valence-corrected chi connectivity index (χ4v) is 3.89. The molecule has 1 heterocycles. The zero-order valence-corrected chi connectivity index (χ0v) is 19.6. The van der Waals surface area contributed by atoms with E-state index in [2.05, 4.69) is 17.6 Å². The van der Waals surface area contributed by atoms with Crippen molar-refractivity contribution in [1.82, 2.24) is 10.2 Å². The van der Waals surface area contributed by atoms with Gasteiger partial charge in [0, 0.05) is 17.7 Å². The first kappa shape index (κ1) is 24.2. The molecule has 0 unspecified atom stereocenters.